The maximum atomic E-state index is 6.03. The van der Waals surface area contributed by atoms with Gasteiger partial charge in [0, 0.05) is 24.2 Å². The van der Waals surface area contributed by atoms with Crippen molar-refractivity contribution in [2.24, 2.45) is 12.8 Å². The summed E-state index contributed by atoms with van der Waals surface area (Å²) in [6.45, 7) is 2.54. The average molecular weight is 286 g/mol. The van der Waals surface area contributed by atoms with Crippen LogP contribution < -0.4 is 5.73 Å². The van der Waals surface area contributed by atoms with Crippen LogP contribution in [-0.2, 0) is 13.6 Å². The Labute approximate surface area is 123 Å². The molecule has 102 valence electrons. The Morgan fingerprint density at radius 1 is 1.25 bits per heavy atom. The third kappa shape index (κ3) is 1.99. The van der Waals surface area contributed by atoms with E-state index >= 15 is 0 Å². The van der Waals surface area contributed by atoms with Gasteiger partial charge in [0.25, 0.3) is 0 Å². The molecule has 1 heterocycles. The molecule has 0 aliphatic heterocycles. The van der Waals surface area contributed by atoms with E-state index in [9.17, 15) is 0 Å². The first-order chi connectivity index (χ1) is 9.61. The van der Waals surface area contributed by atoms with Crippen LogP contribution in [0.1, 0.15) is 11.1 Å². The standard InChI is InChI=1S/C16H16ClN3/c1-10-8-12(17)6-7-13(10)16-19-15-11(9-18)4-3-5-14(15)20(16)2/h3-8H,9,18H2,1-2H3. The average Bonchev–Trinajstić information content (AvgIpc) is 2.76. The molecule has 0 bridgehead atoms. The molecule has 0 aliphatic carbocycles. The molecule has 0 saturated carbocycles. The monoisotopic (exact) mass is 285 g/mol. The summed E-state index contributed by atoms with van der Waals surface area (Å²) in [6, 6.07) is 12.0. The van der Waals surface area contributed by atoms with Crippen LogP contribution in [0.4, 0.5) is 0 Å². The fourth-order valence-electron chi connectivity index (χ4n) is 2.56. The zero-order valence-corrected chi connectivity index (χ0v) is 12.3. The smallest absolute Gasteiger partial charge is 0.141 e. The number of halogens is 1. The number of imidazole rings is 1. The maximum absolute atomic E-state index is 6.03. The van der Waals surface area contributed by atoms with Crippen LogP contribution in [0.2, 0.25) is 5.02 Å². The van der Waals surface area contributed by atoms with E-state index in [4.69, 9.17) is 22.3 Å². The van der Waals surface area contributed by atoms with Gasteiger partial charge in [0.05, 0.1) is 11.0 Å². The number of fused-ring (bicyclic) bond motifs is 1. The topological polar surface area (TPSA) is 43.8 Å². The second kappa shape index (κ2) is 4.93. The first-order valence-electron chi connectivity index (χ1n) is 6.52. The highest BCUT2D eigenvalue weighted by molar-refractivity contribution is 6.30. The number of hydrogen-bond donors (Lipinski definition) is 1. The van der Waals surface area contributed by atoms with Crippen molar-refractivity contribution in [1.82, 2.24) is 9.55 Å². The summed E-state index contributed by atoms with van der Waals surface area (Å²) >= 11 is 6.03. The number of nitrogens with two attached hydrogens (primary N) is 1. The SMILES string of the molecule is Cc1cc(Cl)ccc1-c1nc2c(CN)cccc2n1C. The number of rotatable bonds is 2. The van der Waals surface area contributed by atoms with Crippen molar-refractivity contribution in [3.63, 3.8) is 0 Å². The number of hydrogen-bond acceptors (Lipinski definition) is 2. The molecule has 0 saturated heterocycles. The van der Waals surface area contributed by atoms with Crippen molar-refractivity contribution in [3.8, 4) is 11.4 Å². The van der Waals surface area contributed by atoms with Gasteiger partial charge in [0.1, 0.15) is 5.82 Å². The van der Waals surface area contributed by atoms with Crippen molar-refractivity contribution in [2.75, 3.05) is 0 Å². The van der Waals surface area contributed by atoms with Crippen LogP contribution in [0.3, 0.4) is 0 Å². The molecule has 0 amide bonds. The van der Waals surface area contributed by atoms with Gasteiger partial charge in [-0.05, 0) is 42.3 Å². The molecule has 0 atom stereocenters. The molecule has 0 fully saturated rings. The maximum Gasteiger partial charge on any atom is 0.141 e. The Bertz CT molecular complexity index is 790. The molecule has 4 heteroatoms. The van der Waals surface area contributed by atoms with E-state index in [0.717, 1.165) is 38.6 Å². The number of nitrogens with zero attached hydrogens (tertiary/aromatic N) is 2. The highest BCUT2D eigenvalue weighted by Gasteiger charge is 2.13. The predicted octanol–water partition coefficient (Wildman–Crippen LogP) is 3.66. The van der Waals surface area contributed by atoms with Crippen molar-refractivity contribution in [2.45, 2.75) is 13.5 Å². The minimum absolute atomic E-state index is 0.493. The lowest BCUT2D eigenvalue weighted by atomic mass is 10.1. The lowest BCUT2D eigenvalue weighted by Crippen LogP contribution is -1.97. The molecule has 0 aliphatic rings. The van der Waals surface area contributed by atoms with Crippen molar-refractivity contribution in [3.05, 3.63) is 52.5 Å². The third-order valence-corrected chi connectivity index (χ3v) is 3.88. The van der Waals surface area contributed by atoms with E-state index in [1.807, 2.05) is 44.3 Å². The zero-order chi connectivity index (χ0) is 14.3. The Morgan fingerprint density at radius 2 is 2.05 bits per heavy atom. The van der Waals surface area contributed by atoms with E-state index in [1.54, 1.807) is 0 Å². The number of aromatic nitrogens is 2. The predicted molar refractivity (Wildman–Crippen MR) is 83.8 cm³/mol. The van der Waals surface area contributed by atoms with E-state index < -0.39 is 0 Å². The number of benzene rings is 2. The number of aryl methyl sites for hydroxylation is 2. The Morgan fingerprint density at radius 3 is 2.75 bits per heavy atom. The summed E-state index contributed by atoms with van der Waals surface area (Å²) in [5, 5.41) is 0.743. The van der Waals surface area contributed by atoms with Crippen LogP contribution in [0.5, 0.6) is 0 Å². The third-order valence-electron chi connectivity index (χ3n) is 3.64. The Kier molecular flexibility index (Phi) is 3.24. The molecule has 3 aromatic rings. The minimum Gasteiger partial charge on any atom is -0.327 e. The first-order valence-corrected chi connectivity index (χ1v) is 6.90. The summed E-state index contributed by atoms with van der Waals surface area (Å²) in [4.78, 5) is 4.78. The summed E-state index contributed by atoms with van der Waals surface area (Å²) in [5.41, 5.74) is 11.1. The molecule has 0 spiro atoms. The van der Waals surface area contributed by atoms with Crippen molar-refractivity contribution in [1.29, 1.82) is 0 Å². The first kappa shape index (κ1) is 13.2. The van der Waals surface area contributed by atoms with Crippen molar-refractivity contribution < 1.29 is 0 Å². The van der Waals surface area contributed by atoms with Gasteiger partial charge in [-0.25, -0.2) is 4.98 Å². The fraction of sp³-hybridized carbons (Fsp3) is 0.188. The summed E-state index contributed by atoms with van der Waals surface area (Å²) in [6.07, 6.45) is 0. The molecule has 0 unspecified atom stereocenters. The van der Waals surface area contributed by atoms with Crippen LogP contribution >= 0.6 is 11.6 Å². The molecule has 3 nitrogen and oxygen atoms in total. The second-order valence-electron chi connectivity index (χ2n) is 4.94. The quantitative estimate of drug-likeness (QED) is 0.781. The molecule has 0 radical (unpaired) electrons. The fourth-order valence-corrected chi connectivity index (χ4v) is 2.78. The minimum atomic E-state index is 0.493. The lowest BCUT2D eigenvalue weighted by Gasteiger charge is -2.06. The van der Waals surface area contributed by atoms with Crippen LogP contribution in [0.15, 0.2) is 36.4 Å². The summed E-state index contributed by atoms with van der Waals surface area (Å²) in [5.74, 6) is 0.940. The van der Waals surface area contributed by atoms with Gasteiger partial charge < -0.3 is 10.3 Å². The van der Waals surface area contributed by atoms with E-state index in [-0.39, 0.29) is 0 Å². The molecule has 2 N–H and O–H groups in total. The van der Waals surface area contributed by atoms with Gasteiger partial charge in [-0.2, -0.15) is 0 Å². The van der Waals surface area contributed by atoms with Gasteiger partial charge in [-0.3, -0.25) is 0 Å². The van der Waals surface area contributed by atoms with Gasteiger partial charge in [-0.1, -0.05) is 23.7 Å². The normalized spacial score (nSPS) is 11.2. The van der Waals surface area contributed by atoms with E-state index in [0.29, 0.717) is 6.54 Å². The Hall–Kier alpha value is -1.84. The van der Waals surface area contributed by atoms with Crippen LogP contribution in [0.25, 0.3) is 22.4 Å². The molecule has 3 rings (SSSR count). The lowest BCUT2D eigenvalue weighted by molar-refractivity contribution is 0.957. The van der Waals surface area contributed by atoms with Gasteiger partial charge in [0.15, 0.2) is 0 Å². The number of para-hydroxylation sites is 1. The molecular formula is C16H16ClN3. The second-order valence-corrected chi connectivity index (χ2v) is 5.38. The van der Waals surface area contributed by atoms with Crippen molar-refractivity contribution >= 4 is 22.6 Å². The zero-order valence-electron chi connectivity index (χ0n) is 11.5. The molecular weight excluding hydrogens is 270 g/mol. The molecule has 1 aromatic heterocycles. The van der Waals surface area contributed by atoms with Crippen LogP contribution in [-0.4, -0.2) is 9.55 Å². The highest BCUT2D eigenvalue weighted by Crippen LogP contribution is 2.29. The molecule has 2 aromatic carbocycles. The largest absolute Gasteiger partial charge is 0.327 e. The van der Waals surface area contributed by atoms with E-state index in [2.05, 4.69) is 10.6 Å². The molecule has 20 heavy (non-hydrogen) atoms. The highest BCUT2D eigenvalue weighted by atomic mass is 35.5. The van der Waals surface area contributed by atoms with Crippen LogP contribution in [0, 0.1) is 6.92 Å². The summed E-state index contributed by atoms with van der Waals surface area (Å²) < 4.78 is 2.10. The summed E-state index contributed by atoms with van der Waals surface area (Å²) in [7, 11) is 2.03. The Balaban J connectivity index is 2.29. The van der Waals surface area contributed by atoms with Gasteiger partial charge in [-0.15, -0.1) is 0 Å². The van der Waals surface area contributed by atoms with Gasteiger partial charge in [0.2, 0.25) is 0 Å². The van der Waals surface area contributed by atoms with E-state index in [1.165, 1.54) is 0 Å². The van der Waals surface area contributed by atoms with Gasteiger partial charge >= 0.3 is 0 Å².